The smallest absolute Gasteiger partial charge is 0.141 e. The maximum absolute atomic E-state index is 13.5. The summed E-state index contributed by atoms with van der Waals surface area (Å²) in [5, 5.41) is 0.906. The molecule has 0 bridgehead atoms. The van der Waals surface area contributed by atoms with E-state index >= 15 is 0 Å². The van der Waals surface area contributed by atoms with E-state index in [0.717, 1.165) is 16.0 Å². The van der Waals surface area contributed by atoms with Crippen molar-refractivity contribution >= 4 is 27.1 Å². The van der Waals surface area contributed by atoms with Crippen molar-refractivity contribution in [2.75, 3.05) is 5.73 Å². The monoisotopic (exact) mass is 244 g/mol. The molecule has 0 aliphatic heterocycles. The van der Waals surface area contributed by atoms with Crippen LogP contribution < -0.4 is 5.73 Å². The Morgan fingerprint density at radius 3 is 2.76 bits per heavy atom. The zero-order chi connectivity index (χ0) is 11.8. The minimum atomic E-state index is -0.186. The Bertz CT molecular complexity index is 673. The van der Waals surface area contributed by atoms with Crippen LogP contribution in [0.1, 0.15) is 0 Å². The van der Waals surface area contributed by atoms with Crippen LogP contribution in [0, 0.1) is 5.82 Å². The zero-order valence-electron chi connectivity index (χ0n) is 8.85. The highest BCUT2D eigenvalue weighted by atomic mass is 32.1. The molecule has 0 radical (unpaired) electrons. The van der Waals surface area contributed by atoms with E-state index in [9.17, 15) is 4.39 Å². The van der Waals surface area contributed by atoms with Gasteiger partial charge in [-0.15, -0.1) is 11.3 Å². The van der Waals surface area contributed by atoms with Gasteiger partial charge in [0, 0.05) is 0 Å². The normalized spacial score (nSPS) is 10.9. The van der Waals surface area contributed by atoms with E-state index in [1.165, 1.54) is 17.4 Å². The van der Waals surface area contributed by atoms with Crippen molar-refractivity contribution in [2.45, 2.75) is 0 Å². The molecule has 0 amide bonds. The first-order valence-corrected chi connectivity index (χ1v) is 5.95. The third-order valence-corrected chi connectivity index (χ3v) is 3.72. The minimum absolute atomic E-state index is 0.186. The van der Waals surface area contributed by atoms with E-state index in [-0.39, 0.29) is 5.82 Å². The second kappa shape index (κ2) is 3.82. The molecule has 0 aliphatic rings. The number of rotatable bonds is 1. The van der Waals surface area contributed by atoms with Crippen LogP contribution in [0.2, 0.25) is 0 Å². The number of benzene rings is 1. The van der Waals surface area contributed by atoms with E-state index in [4.69, 9.17) is 5.73 Å². The first kappa shape index (κ1) is 10.2. The summed E-state index contributed by atoms with van der Waals surface area (Å²) in [6, 6.07) is 10.7. The first-order valence-electron chi connectivity index (χ1n) is 5.14. The number of hydrogen-bond donors (Lipinski definition) is 1. The van der Waals surface area contributed by atoms with Gasteiger partial charge < -0.3 is 5.73 Å². The van der Waals surface area contributed by atoms with Gasteiger partial charge in [-0.2, -0.15) is 0 Å². The molecular weight excluding hydrogens is 235 g/mol. The van der Waals surface area contributed by atoms with Gasteiger partial charge in [-0.05, 0) is 29.7 Å². The van der Waals surface area contributed by atoms with Crippen LogP contribution in [-0.4, -0.2) is 4.98 Å². The van der Waals surface area contributed by atoms with Gasteiger partial charge in [-0.25, -0.2) is 4.39 Å². The standard InChI is InChI=1S/C13H9FN2S/c14-10-3-1-2-8-6-12(17-13(8)10)11-5-4-9(15)7-16-11/h1-7H,15H2. The molecule has 1 aromatic carbocycles. The summed E-state index contributed by atoms with van der Waals surface area (Å²) in [6.07, 6.45) is 1.61. The third-order valence-electron chi connectivity index (χ3n) is 2.53. The van der Waals surface area contributed by atoms with Gasteiger partial charge in [-0.1, -0.05) is 12.1 Å². The van der Waals surface area contributed by atoms with E-state index in [1.807, 2.05) is 18.2 Å². The Labute approximate surface area is 102 Å². The fourth-order valence-corrected chi connectivity index (χ4v) is 2.75. The van der Waals surface area contributed by atoms with Gasteiger partial charge in [0.05, 0.1) is 27.2 Å². The molecule has 0 atom stereocenters. The quantitative estimate of drug-likeness (QED) is 0.709. The van der Waals surface area contributed by atoms with Gasteiger partial charge in [0.1, 0.15) is 5.82 Å². The fourth-order valence-electron chi connectivity index (χ4n) is 1.70. The van der Waals surface area contributed by atoms with E-state index in [0.29, 0.717) is 10.4 Å². The molecule has 2 heterocycles. The molecular formula is C13H9FN2S. The lowest BCUT2D eigenvalue weighted by Crippen LogP contribution is -1.86. The summed E-state index contributed by atoms with van der Waals surface area (Å²) in [4.78, 5) is 5.19. The Morgan fingerprint density at radius 1 is 1.18 bits per heavy atom. The summed E-state index contributed by atoms with van der Waals surface area (Å²) in [5.41, 5.74) is 7.03. The third kappa shape index (κ3) is 1.76. The molecule has 0 fully saturated rings. The van der Waals surface area contributed by atoms with Crippen molar-refractivity contribution in [3.05, 3.63) is 48.4 Å². The molecule has 3 rings (SSSR count). The number of hydrogen-bond acceptors (Lipinski definition) is 3. The Hall–Kier alpha value is -1.94. The highest BCUT2D eigenvalue weighted by molar-refractivity contribution is 7.22. The molecule has 4 heteroatoms. The van der Waals surface area contributed by atoms with Gasteiger partial charge >= 0.3 is 0 Å². The Balaban J connectivity index is 2.18. The second-order valence-electron chi connectivity index (χ2n) is 3.75. The van der Waals surface area contributed by atoms with Crippen LogP contribution in [-0.2, 0) is 0 Å². The van der Waals surface area contributed by atoms with Crippen LogP contribution in [0.25, 0.3) is 20.7 Å². The average molecular weight is 244 g/mol. The van der Waals surface area contributed by atoms with Crippen molar-refractivity contribution < 1.29 is 4.39 Å². The lowest BCUT2D eigenvalue weighted by Gasteiger charge is -1.95. The van der Waals surface area contributed by atoms with E-state index in [2.05, 4.69) is 4.98 Å². The second-order valence-corrected chi connectivity index (χ2v) is 4.80. The highest BCUT2D eigenvalue weighted by Crippen LogP contribution is 2.33. The van der Waals surface area contributed by atoms with Crippen molar-refractivity contribution in [1.82, 2.24) is 4.98 Å². The average Bonchev–Trinajstić information content (AvgIpc) is 2.75. The SMILES string of the molecule is Nc1ccc(-c2cc3cccc(F)c3s2)nc1. The molecule has 17 heavy (non-hydrogen) atoms. The number of fused-ring (bicyclic) bond motifs is 1. The van der Waals surface area contributed by atoms with E-state index in [1.54, 1.807) is 18.3 Å². The fraction of sp³-hybridized carbons (Fsp3) is 0. The van der Waals surface area contributed by atoms with Gasteiger partial charge in [-0.3, -0.25) is 4.98 Å². The molecule has 0 aliphatic carbocycles. The molecule has 0 saturated carbocycles. The number of halogens is 1. The van der Waals surface area contributed by atoms with Crippen LogP contribution in [0.3, 0.4) is 0 Å². The van der Waals surface area contributed by atoms with Crippen LogP contribution in [0.4, 0.5) is 10.1 Å². The molecule has 0 spiro atoms. The number of thiophene rings is 1. The largest absolute Gasteiger partial charge is 0.397 e. The zero-order valence-corrected chi connectivity index (χ0v) is 9.67. The van der Waals surface area contributed by atoms with Crippen LogP contribution in [0.15, 0.2) is 42.6 Å². The number of pyridine rings is 1. The summed E-state index contributed by atoms with van der Waals surface area (Å²) in [6.45, 7) is 0. The number of nitrogen functional groups attached to an aromatic ring is 1. The topological polar surface area (TPSA) is 38.9 Å². The number of aromatic nitrogens is 1. The maximum atomic E-state index is 13.5. The Kier molecular flexibility index (Phi) is 2.30. The minimum Gasteiger partial charge on any atom is -0.397 e. The van der Waals surface area contributed by atoms with Crippen molar-refractivity contribution in [3.8, 4) is 10.6 Å². The van der Waals surface area contributed by atoms with Crippen LogP contribution in [0.5, 0.6) is 0 Å². The lowest BCUT2D eigenvalue weighted by atomic mass is 10.2. The molecule has 2 nitrogen and oxygen atoms in total. The van der Waals surface area contributed by atoms with Gasteiger partial charge in [0.25, 0.3) is 0 Å². The maximum Gasteiger partial charge on any atom is 0.141 e. The summed E-state index contributed by atoms with van der Waals surface area (Å²) >= 11 is 1.40. The lowest BCUT2D eigenvalue weighted by molar-refractivity contribution is 0.642. The van der Waals surface area contributed by atoms with E-state index < -0.39 is 0 Å². The van der Waals surface area contributed by atoms with Crippen molar-refractivity contribution in [3.63, 3.8) is 0 Å². The highest BCUT2D eigenvalue weighted by Gasteiger charge is 2.08. The molecule has 2 N–H and O–H groups in total. The molecule has 0 unspecified atom stereocenters. The predicted molar refractivity (Wildman–Crippen MR) is 69.4 cm³/mol. The number of nitrogens with two attached hydrogens (primary N) is 1. The predicted octanol–water partition coefficient (Wildman–Crippen LogP) is 3.68. The van der Waals surface area contributed by atoms with Crippen molar-refractivity contribution in [2.24, 2.45) is 0 Å². The molecule has 2 aromatic heterocycles. The van der Waals surface area contributed by atoms with Gasteiger partial charge in [0.2, 0.25) is 0 Å². The molecule has 84 valence electrons. The molecule has 3 aromatic rings. The van der Waals surface area contributed by atoms with Gasteiger partial charge in [0.15, 0.2) is 0 Å². The van der Waals surface area contributed by atoms with Crippen LogP contribution >= 0.6 is 11.3 Å². The van der Waals surface area contributed by atoms with Crippen molar-refractivity contribution in [1.29, 1.82) is 0 Å². The number of nitrogens with zero attached hydrogens (tertiary/aromatic N) is 1. The number of anilines is 1. The summed E-state index contributed by atoms with van der Waals surface area (Å²) in [7, 11) is 0. The summed E-state index contributed by atoms with van der Waals surface area (Å²) < 4.78 is 14.2. The Morgan fingerprint density at radius 2 is 2.06 bits per heavy atom. The molecule has 0 saturated heterocycles. The summed E-state index contributed by atoms with van der Waals surface area (Å²) in [5.74, 6) is -0.186. The first-order chi connectivity index (χ1) is 8.24.